The Hall–Kier alpha value is -4.07. The van der Waals surface area contributed by atoms with E-state index in [-0.39, 0.29) is 17.4 Å². The summed E-state index contributed by atoms with van der Waals surface area (Å²) in [6.07, 6.45) is 0.659. The summed E-state index contributed by atoms with van der Waals surface area (Å²) < 4.78 is 16.1. The third kappa shape index (κ3) is 4.80. The molecule has 2 amide bonds. The number of carbonyl (C=O) groups excluding carboxylic acids is 3. The van der Waals surface area contributed by atoms with E-state index in [2.05, 4.69) is 5.32 Å². The van der Waals surface area contributed by atoms with E-state index in [9.17, 15) is 14.4 Å². The summed E-state index contributed by atoms with van der Waals surface area (Å²) in [5.41, 5.74) is 2.60. The third-order valence-electron chi connectivity index (χ3n) is 5.81. The molecule has 0 saturated carbocycles. The molecular weight excluding hydrogens is 436 g/mol. The monoisotopic (exact) mass is 462 g/mol. The van der Waals surface area contributed by atoms with E-state index in [1.165, 1.54) is 6.92 Å². The maximum atomic E-state index is 12.9. The summed E-state index contributed by atoms with van der Waals surface area (Å²) >= 11 is 0. The van der Waals surface area contributed by atoms with E-state index in [1.807, 2.05) is 36.4 Å². The predicted octanol–water partition coefficient (Wildman–Crippen LogP) is 3.56. The number of ether oxygens (including phenoxy) is 3. The van der Waals surface area contributed by atoms with E-state index >= 15 is 0 Å². The first-order chi connectivity index (χ1) is 16.4. The largest absolute Gasteiger partial charge is 0.493 e. The van der Waals surface area contributed by atoms with E-state index in [1.54, 1.807) is 31.3 Å². The number of hydrogen-bond acceptors (Lipinski definition) is 6. The lowest BCUT2D eigenvalue weighted by Crippen LogP contribution is -2.38. The molecule has 0 atom stereocenters. The molecule has 0 aromatic heterocycles. The van der Waals surface area contributed by atoms with Crippen LogP contribution in [0.2, 0.25) is 0 Å². The summed E-state index contributed by atoms with van der Waals surface area (Å²) in [6.45, 7) is 1.87. The van der Waals surface area contributed by atoms with Crippen LogP contribution in [-0.2, 0) is 27.3 Å². The van der Waals surface area contributed by atoms with Gasteiger partial charge in [-0.2, -0.15) is 0 Å². The number of carbonyl (C=O) groups is 3. The van der Waals surface area contributed by atoms with Gasteiger partial charge in [-0.15, -0.1) is 0 Å². The molecule has 1 N–H and O–H groups in total. The van der Waals surface area contributed by atoms with Gasteiger partial charge in [0.1, 0.15) is 0 Å². The number of rotatable bonds is 6. The van der Waals surface area contributed by atoms with E-state index in [0.29, 0.717) is 36.7 Å². The Morgan fingerprint density at radius 2 is 1.59 bits per heavy atom. The Morgan fingerprint density at radius 1 is 0.941 bits per heavy atom. The second kappa shape index (κ2) is 9.82. The van der Waals surface area contributed by atoms with Crippen molar-refractivity contribution in [1.82, 2.24) is 4.90 Å². The summed E-state index contributed by atoms with van der Waals surface area (Å²) in [5.74, 6) is -0.0223. The molecule has 0 radical (unpaired) electrons. The van der Waals surface area contributed by atoms with Gasteiger partial charge >= 0.3 is 5.97 Å². The molecule has 3 aromatic rings. The molecule has 34 heavy (non-hydrogen) atoms. The minimum atomic E-state index is -0.674. The summed E-state index contributed by atoms with van der Waals surface area (Å²) in [6, 6.07) is 14.7. The first kappa shape index (κ1) is 23.1. The highest BCUT2D eigenvalue weighted by molar-refractivity contribution is 6.05. The number of amides is 2. The second-order valence-corrected chi connectivity index (χ2v) is 8.04. The van der Waals surface area contributed by atoms with Crippen molar-refractivity contribution in [3.63, 3.8) is 0 Å². The molecule has 0 saturated heterocycles. The minimum Gasteiger partial charge on any atom is -0.493 e. The molecule has 8 heteroatoms. The molecule has 3 aromatic carbocycles. The van der Waals surface area contributed by atoms with Gasteiger partial charge in [0.05, 0.1) is 25.5 Å². The molecule has 8 nitrogen and oxygen atoms in total. The molecule has 0 unspecified atom stereocenters. The third-order valence-corrected chi connectivity index (χ3v) is 5.81. The van der Waals surface area contributed by atoms with Crippen molar-refractivity contribution in [2.45, 2.75) is 19.9 Å². The smallest absolute Gasteiger partial charge is 0.340 e. The highest BCUT2D eigenvalue weighted by atomic mass is 16.5. The molecule has 1 aliphatic rings. The lowest BCUT2D eigenvalue weighted by Gasteiger charge is -2.29. The zero-order chi connectivity index (χ0) is 24.2. The zero-order valence-electron chi connectivity index (χ0n) is 19.3. The number of anilines is 1. The van der Waals surface area contributed by atoms with Crippen molar-refractivity contribution in [2.24, 2.45) is 0 Å². The number of esters is 1. The minimum absolute atomic E-state index is 0.197. The van der Waals surface area contributed by atoms with Gasteiger partial charge in [-0.05, 0) is 52.6 Å². The first-order valence-electron chi connectivity index (χ1n) is 10.9. The van der Waals surface area contributed by atoms with Crippen LogP contribution in [0.3, 0.4) is 0 Å². The quantitative estimate of drug-likeness (QED) is 0.563. The maximum absolute atomic E-state index is 12.9. The second-order valence-electron chi connectivity index (χ2n) is 8.04. The molecule has 0 bridgehead atoms. The van der Waals surface area contributed by atoms with Crippen LogP contribution < -0.4 is 14.8 Å². The first-order valence-corrected chi connectivity index (χ1v) is 10.9. The molecule has 1 heterocycles. The van der Waals surface area contributed by atoms with Gasteiger partial charge in [-0.1, -0.05) is 24.3 Å². The molecule has 0 aliphatic carbocycles. The van der Waals surface area contributed by atoms with Gasteiger partial charge in [-0.3, -0.25) is 9.59 Å². The number of nitrogens with zero attached hydrogens (tertiary/aromatic N) is 1. The fourth-order valence-electron chi connectivity index (χ4n) is 4.09. The van der Waals surface area contributed by atoms with Crippen molar-refractivity contribution >= 4 is 34.2 Å². The Bertz CT molecular complexity index is 1270. The average Bonchev–Trinajstić information content (AvgIpc) is 2.84. The van der Waals surface area contributed by atoms with Gasteiger partial charge in [0.25, 0.3) is 5.91 Å². The highest BCUT2D eigenvalue weighted by Crippen LogP contribution is 2.33. The van der Waals surface area contributed by atoms with Crippen LogP contribution in [0.1, 0.15) is 28.4 Å². The molecule has 0 spiro atoms. The van der Waals surface area contributed by atoms with E-state index in [0.717, 1.165) is 21.9 Å². The Kier molecular flexibility index (Phi) is 6.67. The van der Waals surface area contributed by atoms with E-state index in [4.69, 9.17) is 14.2 Å². The zero-order valence-corrected chi connectivity index (χ0v) is 19.3. The number of nitrogens with one attached hydrogen (secondary N) is 1. The molecule has 1 aliphatic heterocycles. The van der Waals surface area contributed by atoms with Crippen molar-refractivity contribution in [3.05, 3.63) is 65.2 Å². The van der Waals surface area contributed by atoms with Crippen LogP contribution in [0.4, 0.5) is 5.69 Å². The Morgan fingerprint density at radius 3 is 2.24 bits per heavy atom. The van der Waals surface area contributed by atoms with Crippen LogP contribution >= 0.6 is 0 Å². The van der Waals surface area contributed by atoms with Crippen molar-refractivity contribution in [2.75, 3.05) is 32.7 Å². The van der Waals surface area contributed by atoms with Crippen molar-refractivity contribution < 1.29 is 28.6 Å². The Balaban J connectivity index is 1.47. The summed E-state index contributed by atoms with van der Waals surface area (Å²) in [7, 11) is 3.15. The normalized spacial score (nSPS) is 12.6. The van der Waals surface area contributed by atoms with Gasteiger partial charge in [0.15, 0.2) is 18.1 Å². The van der Waals surface area contributed by atoms with E-state index < -0.39 is 12.6 Å². The molecule has 176 valence electrons. The fraction of sp³-hybridized carbons (Fsp3) is 0.269. The molecular formula is C26H26N2O6. The highest BCUT2D eigenvalue weighted by Gasteiger charge is 2.24. The SMILES string of the molecule is COc1cc2c(cc1OC)CN(C(=O)COC(=O)c1cc3ccccc3cc1NC(C)=O)CC2. The number of hydrogen-bond donors (Lipinski definition) is 1. The van der Waals surface area contributed by atoms with Crippen molar-refractivity contribution in [1.29, 1.82) is 0 Å². The molecule has 4 rings (SSSR count). The summed E-state index contributed by atoms with van der Waals surface area (Å²) in [4.78, 5) is 39.0. The topological polar surface area (TPSA) is 94.2 Å². The van der Waals surface area contributed by atoms with Crippen LogP contribution in [0.5, 0.6) is 11.5 Å². The van der Waals surface area contributed by atoms with Crippen LogP contribution in [0.15, 0.2) is 48.5 Å². The average molecular weight is 463 g/mol. The number of methoxy groups -OCH3 is 2. The summed E-state index contributed by atoms with van der Waals surface area (Å²) in [5, 5.41) is 4.37. The van der Waals surface area contributed by atoms with Gasteiger partial charge in [0, 0.05) is 20.0 Å². The van der Waals surface area contributed by atoms with Gasteiger partial charge in [0.2, 0.25) is 5.91 Å². The number of fused-ring (bicyclic) bond motifs is 2. The molecule has 0 fully saturated rings. The fourth-order valence-corrected chi connectivity index (χ4v) is 4.09. The lowest BCUT2D eigenvalue weighted by molar-refractivity contribution is -0.135. The van der Waals surface area contributed by atoms with Crippen molar-refractivity contribution in [3.8, 4) is 11.5 Å². The Labute approximate surface area is 197 Å². The van der Waals surface area contributed by atoms with Crippen LogP contribution in [0.25, 0.3) is 10.8 Å². The van der Waals surface area contributed by atoms with Crippen LogP contribution in [0, 0.1) is 0 Å². The van der Waals surface area contributed by atoms with Crippen LogP contribution in [-0.4, -0.2) is 50.1 Å². The predicted molar refractivity (Wildman–Crippen MR) is 127 cm³/mol. The van der Waals surface area contributed by atoms with Gasteiger partial charge in [-0.25, -0.2) is 4.79 Å². The maximum Gasteiger partial charge on any atom is 0.340 e. The number of benzene rings is 3. The standard InChI is InChI=1S/C26H26N2O6/c1-16(29)27-22-11-18-7-5-4-6-17(18)10-21(22)26(31)34-15-25(30)28-9-8-19-12-23(32-2)24(33-3)13-20(19)14-28/h4-7,10-13H,8-9,14-15H2,1-3H3,(H,27,29). The lowest BCUT2D eigenvalue weighted by atomic mass is 9.99. The van der Waals surface area contributed by atoms with Gasteiger partial charge < -0.3 is 24.4 Å².